The molecule has 6 nitrogen and oxygen atoms in total. The summed E-state index contributed by atoms with van der Waals surface area (Å²) in [5.41, 5.74) is 3.30. The van der Waals surface area contributed by atoms with E-state index >= 15 is 0 Å². The molecule has 7 heteroatoms. The van der Waals surface area contributed by atoms with Crippen LogP contribution in [0.2, 0.25) is 0 Å². The van der Waals surface area contributed by atoms with Gasteiger partial charge in [-0.1, -0.05) is 36.4 Å². The molecule has 0 radical (unpaired) electrons. The zero-order chi connectivity index (χ0) is 20.5. The molecule has 0 fully saturated rings. The lowest BCUT2D eigenvalue weighted by Crippen LogP contribution is -2.37. The SMILES string of the molecule is CN=C(NCCc1ccc(OC)c(OC)c1)NCc1csc(-c2ccccc2)n1. The van der Waals surface area contributed by atoms with E-state index in [4.69, 9.17) is 14.5 Å². The Balaban J connectivity index is 1.48. The van der Waals surface area contributed by atoms with Gasteiger partial charge in [-0.3, -0.25) is 4.99 Å². The first-order valence-corrected chi connectivity index (χ1v) is 10.3. The van der Waals surface area contributed by atoms with Crippen LogP contribution in [0.3, 0.4) is 0 Å². The van der Waals surface area contributed by atoms with Crippen LogP contribution in [-0.4, -0.2) is 38.8 Å². The minimum absolute atomic E-state index is 0.624. The molecule has 0 spiro atoms. The van der Waals surface area contributed by atoms with E-state index in [9.17, 15) is 0 Å². The number of nitrogens with one attached hydrogen (secondary N) is 2. The second-order valence-electron chi connectivity index (χ2n) is 6.30. The van der Waals surface area contributed by atoms with Gasteiger partial charge in [0.15, 0.2) is 17.5 Å². The molecule has 0 saturated heterocycles. The highest BCUT2D eigenvalue weighted by molar-refractivity contribution is 7.13. The smallest absolute Gasteiger partial charge is 0.191 e. The third kappa shape index (κ3) is 5.71. The van der Waals surface area contributed by atoms with Crippen molar-refractivity contribution in [3.8, 4) is 22.1 Å². The molecule has 0 atom stereocenters. The van der Waals surface area contributed by atoms with Gasteiger partial charge in [0.1, 0.15) is 5.01 Å². The van der Waals surface area contributed by atoms with E-state index in [-0.39, 0.29) is 0 Å². The normalized spacial score (nSPS) is 11.2. The van der Waals surface area contributed by atoms with Crippen molar-refractivity contribution >= 4 is 17.3 Å². The summed E-state index contributed by atoms with van der Waals surface area (Å²) in [6.07, 6.45) is 0.843. The maximum absolute atomic E-state index is 5.36. The Labute approximate surface area is 175 Å². The molecule has 0 aliphatic carbocycles. The first kappa shape index (κ1) is 20.7. The number of thiazole rings is 1. The van der Waals surface area contributed by atoms with Crippen LogP contribution in [-0.2, 0) is 13.0 Å². The summed E-state index contributed by atoms with van der Waals surface area (Å²) >= 11 is 1.65. The van der Waals surface area contributed by atoms with Crippen LogP contribution in [0.5, 0.6) is 11.5 Å². The van der Waals surface area contributed by atoms with Crippen LogP contribution < -0.4 is 20.1 Å². The van der Waals surface area contributed by atoms with E-state index in [1.54, 1.807) is 32.6 Å². The fraction of sp³-hybridized carbons (Fsp3) is 0.273. The molecule has 0 aliphatic rings. The standard InChI is InChI=1S/C22H26N4O2S/c1-23-22(24-12-11-16-9-10-19(27-2)20(13-16)28-3)25-14-18-15-29-21(26-18)17-7-5-4-6-8-17/h4-10,13,15H,11-12,14H2,1-3H3,(H2,23,24,25). The second-order valence-corrected chi connectivity index (χ2v) is 7.16. The molecule has 3 rings (SSSR count). The first-order valence-electron chi connectivity index (χ1n) is 9.38. The lowest BCUT2D eigenvalue weighted by Gasteiger charge is -2.12. The summed E-state index contributed by atoms with van der Waals surface area (Å²) in [7, 11) is 5.05. The number of hydrogen-bond acceptors (Lipinski definition) is 5. The number of aliphatic imine (C=N–C) groups is 1. The zero-order valence-corrected chi connectivity index (χ0v) is 17.8. The minimum Gasteiger partial charge on any atom is -0.493 e. The van der Waals surface area contributed by atoms with E-state index in [1.165, 1.54) is 0 Å². The Kier molecular flexibility index (Phi) is 7.47. The maximum Gasteiger partial charge on any atom is 0.191 e. The molecule has 152 valence electrons. The zero-order valence-electron chi connectivity index (χ0n) is 16.9. The molecular weight excluding hydrogens is 384 g/mol. The molecule has 0 amide bonds. The Hall–Kier alpha value is -3.06. The number of guanidine groups is 1. The van der Waals surface area contributed by atoms with Crippen molar-refractivity contribution in [3.05, 3.63) is 65.2 Å². The molecule has 2 aromatic carbocycles. The van der Waals surface area contributed by atoms with Gasteiger partial charge in [0.2, 0.25) is 0 Å². The first-order chi connectivity index (χ1) is 14.2. The summed E-state index contributed by atoms with van der Waals surface area (Å²) in [6, 6.07) is 16.2. The van der Waals surface area contributed by atoms with E-state index in [1.807, 2.05) is 36.4 Å². The van der Waals surface area contributed by atoms with Crippen LogP contribution >= 0.6 is 11.3 Å². The molecule has 0 bridgehead atoms. The van der Waals surface area contributed by atoms with Gasteiger partial charge in [-0.05, 0) is 24.1 Å². The summed E-state index contributed by atoms with van der Waals surface area (Å²) in [4.78, 5) is 8.98. The van der Waals surface area contributed by atoms with Crippen LogP contribution in [0.4, 0.5) is 0 Å². The quantitative estimate of drug-likeness (QED) is 0.437. The van der Waals surface area contributed by atoms with E-state index in [2.05, 4.69) is 33.1 Å². The number of nitrogens with zero attached hydrogens (tertiary/aromatic N) is 2. The van der Waals surface area contributed by atoms with E-state index < -0.39 is 0 Å². The highest BCUT2D eigenvalue weighted by Crippen LogP contribution is 2.27. The molecule has 3 aromatic rings. The molecule has 0 saturated carbocycles. The number of benzene rings is 2. The molecule has 0 aliphatic heterocycles. The van der Waals surface area contributed by atoms with Crippen molar-refractivity contribution in [2.75, 3.05) is 27.8 Å². The van der Waals surface area contributed by atoms with Gasteiger partial charge in [0.05, 0.1) is 26.5 Å². The van der Waals surface area contributed by atoms with Crippen LogP contribution in [0.1, 0.15) is 11.3 Å². The van der Waals surface area contributed by atoms with Crippen molar-refractivity contribution in [2.24, 2.45) is 4.99 Å². The minimum atomic E-state index is 0.624. The number of methoxy groups -OCH3 is 2. The average Bonchev–Trinajstić information content (AvgIpc) is 3.25. The fourth-order valence-electron chi connectivity index (χ4n) is 2.86. The van der Waals surface area contributed by atoms with Crippen LogP contribution in [0.25, 0.3) is 10.6 Å². The Morgan fingerprint density at radius 2 is 1.83 bits per heavy atom. The van der Waals surface area contributed by atoms with Crippen molar-refractivity contribution in [1.82, 2.24) is 15.6 Å². The molecular formula is C22H26N4O2S. The molecule has 1 heterocycles. The predicted octanol–water partition coefficient (Wildman–Crippen LogP) is 3.74. The predicted molar refractivity (Wildman–Crippen MR) is 119 cm³/mol. The third-order valence-electron chi connectivity index (χ3n) is 4.39. The van der Waals surface area contributed by atoms with E-state index in [0.717, 1.165) is 52.3 Å². The Morgan fingerprint density at radius 1 is 1.03 bits per heavy atom. The number of rotatable bonds is 8. The lowest BCUT2D eigenvalue weighted by molar-refractivity contribution is 0.354. The van der Waals surface area contributed by atoms with Gasteiger partial charge in [-0.15, -0.1) is 11.3 Å². The third-order valence-corrected chi connectivity index (χ3v) is 5.33. The molecule has 2 N–H and O–H groups in total. The monoisotopic (exact) mass is 410 g/mol. The summed E-state index contributed by atoms with van der Waals surface area (Å²) in [5.74, 6) is 2.23. The van der Waals surface area contributed by atoms with Gasteiger partial charge >= 0.3 is 0 Å². The van der Waals surface area contributed by atoms with Gasteiger partial charge in [-0.25, -0.2) is 4.98 Å². The molecule has 1 aromatic heterocycles. The topological polar surface area (TPSA) is 67.8 Å². The van der Waals surface area contributed by atoms with Gasteiger partial charge < -0.3 is 20.1 Å². The highest BCUT2D eigenvalue weighted by atomic mass is 32.1. The van der Waals surface area contributed by atoms with Gasteiger partial charge in [-0.2, -0.15) is 0 Å². The summed E-state index contributed by atoms with van der Waals surface area (Å²) in [6.45, 7) is 1.38. The second kappa shape index (κ2) is 10.5. The number of hydrogen-bond donors (Lipinski definition) is 2. The van der Waals surface area contributed by atoms with Gasteiger partial charge in [0.25, 0.3) is 0 Å². The van der Waals surface area contributed by atoms with Gasteiger partial charge in [0, 0.05) is 24.5 Å². The maximum atomic E-state index is 5.36. The Bertz CT molecular complexity index is 941. The average molecular weight is 411 g/mol. The van der Waals surface area contributed by atoms with Crippen molar-refractivity contribution in [3.63, 3.8) is 0 Å². The summed E-state index contributed by atoms with van der Waals surface area (Å²) in [5, 5.41) is 9.75. The van der Waals surface area contributed by atoms with Crippen molar-refractivity contribution in [1.29, 1.82) is 0 Å². The lowest BCUT2D eigenvalue weighted by atomic mass is 10.1. The summed E-state index contributed by atoms with van der Waals surface area (Å²) < 4.78 is 10.6. The molecule has 29 heavy (non-hydrogen) atoms. The number of aromatic nitrogens is 1. The Morgan fingerprint density at radius 3 is 2.55 bits per heavy atom. The molecule has 0 unspecified atom stereocenters. The van der Waals surface area contributed by atoms with Crippen LogP contribution in [0, 0.1) is 0 Å². The largest absolute Gasteiger partial charge is 0.493 e. The highest BCUT2D eigenvalue weighted by Gasteiger charge is 2.07. The number of ether oxygens (including phenoxy) is 2. The van der Waals surface area contributed by atoms with Crippen LogP contribution in [0.15, 0.2) is 58.9 Å². The van der Waals surface area contributed by atoms with E-state index in [0.29, 0.717) is 6.54 Å². The fourth-order valence-corrected chi connectivity index (χ4v) is 3.68. The van der Waals surface area contributed by atoms with Crippen molar-refractivity contribution < 1.29 is 9.47 Å². The van der Waals surface area contributed by atoms with Crippen molar-refractivity contribution in [2.45, 2.75) is 13.0 Å².